The fourth-order valence-electron chi connectivity index (χ4n) is 1.67. The zero-order chi connectivity index (χ0) is 14.0. The molecule has 5 heteroatoms. The molecule has 0 aliphatic rings. The molecule has 0 unspecified atom stereocenters. The van der Waals surface area contributed by atoms with Gasteiger partial charge < -0.3 is 0 Å². The Morgan fingerprint density at radius 1 is 1.11 bits per heavy atom. The predicted octanol–water partition coefficient (Wildman–Crippen LogP) is 4.29. The first-order valence-electron chi connectivity index (χ1n) is 5.40. The van der Waals surface area contributed by atoms with Crippen LogP contribution in [0.3, 0.4) is 0 Å². The fraction of sp³-hybridized carbons (Fsp3) is 0.0714. The van der Waals surface area contributed by atoms with E-state index in [1.165, 1.54) is 24.3 Å². The second kappa shape index (κ2) is 5.57. The molecule has 0 radical (unpaired) electrons. The molecular weight excluding hydrogens is 321 g/mol. The maximum Gasteiger partial charge on any atom is 0.173 e. The van der Waals surface area contributed by atoms with Crippen molar-refractivity contribution in [2.45, 2.75) is 6.42 Å². The number of hydrogen-bond donors (Lipinski definition) is 0. The Hall–Kier alpha value is -1.62. The number of halogens is 4. The van der Waals surface area contributed by atoms with Crippen LogP contribution in [0.2, 0.25) is 0 Å². The van der Waals surface area contributed by atoms with Crippen molar-refractivity contribution in [3.8, 4) is 0 Å². The Bertz CT molecular complexity index is 641. The molecule has 0 bridgehead atoms. The topological polar surface area (TPSA) is 17.1 Å². The Morgan fingerprint density at radius 2 is 1.84 bits per heavy atom. The van der Waals surface area contributed by atoms with E-state index in [-0.39, 0.29) is 16.5 Å². The van der Waals surface area contributed by atoms with Crippen molar-refractivity contribution in [3.05, 3.63) is 69.4 Å². The van der Waals surface area contributed by atoms with Crippen LogP contribution in [-0.2, 0) is 6.42 Å². The zero-order valence-corrected chi connectivity index (χ0v) is 11.2. The van der Waals surface area contributed by atoms with Crippen molar-refractivity contribution in [2.75, 3.05) is 0 Å². The molecule has 2 rings (SSSR count). The van der Waals surface area contributed by atoms with Crippen LogP contribution >= 0.6 is 15.9 Å². The summed E-state index contributed by atoms with van der Waals surface area (Å²) in [6.07, 6.45) is -0.0819. The number of hydrogen-bond acceptors (Lipinski definition) is 1. The summed E-state index contributed by atoms with van der Waals surface area (Å²) in [5.74, 6) is -3.01. The van der Waals surface area contributed by atoms with Crippen LogP contribution in [0.1, 0.15) is 15.9 Å². The van der Waals surface area contributed by atoms with Gasteiger partial charge in [0.15, 0.2) is 17.4 Å². The van der Waals surface area contributed by atoms with E-state index in [0.717, 1.165) is 6.07 Å². The highest BCUT2D eigenvalue weighted by Crippen LogP contribution is 2.24. The lowest BCUT2D eigenvalue weighted by atomic mass is 10.0. The SMILES string of the molecule is O=C(Cc1cccc(F)c1)c1ccc(F)c(F)c1Br. The van der Waals surface area contributed by atoms with Gasteiger partial charge in [0, 0.05) is 12.0 Å². The van der Waals surface area contributed by atoms with E-state index in [9.17, 15) is 18.0 Å². The minimum absolute atomic E-state index is 0.0307. The van der Waals surface area contributed by atoms with Gasteiger partial charge in [-0.1, -0.05) is 12.1 Å². The standard InChI is InChI=1S/C14H8BrF3O/c15-13-10(4-5-11(17)14(13)18)12(19)7-8-2-1-3-9(16)6-8/h1-6H,7H2. The molecule has 2 aromatic carbocycles. The molecule has 0 heterocycles. The average Bonchev–Trinajstić information content (AvgIpc) is 2.36. The number of rotatable bonds is 3. The van der Waals surface area contributed by atoms with Gasteiger partial charge in [0.25, 0.3) is 0 Å². The number of carbonyl (C=O) groups excluding carboxylic acids is 1. The van der Waals surface area contributed by atoms with E-state index in [1.54, 1.807) is 6.07 Å². The van der Waals surface area contributed by atoms with Crippen LogP contribution in [0.15, 0.2) is 40.9 Å². The maximum atomic E-state index is 13.3. The minimum Gasteiger partial charge on any atom is -0.294 e. The molecule has 98 valence electrons. The molecule has 0 aromatic heterocycles. The first-order chi connectivity index (χ1) is 8.99. The van der Waals surface area contributed by atoms with Gasteiger partial charge in [0.05, 0.1) is 4.47 Å². The molecule has 0 atom stereocenters. The molecule has 0 saturated carbocycles. The molecule has 0 saturated heterocycles. The van der Waals surface area contributed by atoms with Crippen molar-refractivity contribution in [1.29, 1.82) is 0 Å². The monoisotopic (exact) mass is 328 g/mol. The summed E-state index contributed by atoms with van der Waals surface area (Å²) in [4.78, 5) is 12.0. The molecule has 19 heavy (non-hydrogen) atoms. The van der Waals surface area contributed by atoms with Crippen LogP contribution in [0.5, 0.6) is 0 Å². The van der Waals surface area contributed by atoms with Gasteiger partial charge in [-0.2, -0.15) is 0 Å². The lowest BCUT2D eigenvalue weighted by Crippen LogP contribution is -2.06. The zero-order valence-electron chi connectivity index (χ0n) is 9.59. The van der Waals surface area contributed by atoms with Crippen molar-refractivity contribution in [1.82, 2.24) is 0 Å². The van der Waals surface area contributed by atoms with Crippen LogP contribution in [0.4, 0.5) is 13.2 Å². The Morgan fingerprint density at radius 3 is 2.53 bits per heavy atom. The van der Waals surface area contributed by atoms with Crippen LogP contribution in [0.25, 0.3) is 0 Å². The molecule has 0 amide bonds. The van der Waals surface area contributed by atoms with E-state index in [2.05, 4.69) is 15.9 Å². The Kier molecular flexibility index (Phi) is 4.04. The van der Waals surface area contributed by atoms with Gasteiger partial charge >= 0.3 is 0 Å². The van der Waals surface area contributed by atoms with Crippen molar-refractivity contribution >= 4 is 21.7 Å². The lowest BCUT2D eigenvalue weighted by Gasteiger charge is -2.05. The number of carbonyl (C=O) groups is 1. The van der Waals surface area contributed by atoms with Crippen LogP contribution in [-0.4, -0.2) is 5.78 Å². The van der Waals surface area contributed by atoms with Gasteiger partial charge in [0.1, 0.15) is 5.82 Å². The minimum atomic E-state index is -1.11. The highest BCUT2D eigenvalue weighted by molar-refractivity contribution is 9.10. The van der Waals surface area contributed by atoms with Gasteiger partial charge in [-0.3, -0.25) is 4.79 Å². The lowest BCUT2D eigenvalue weighted by molar-refractivity contribution is 0.0991. The summed E-state index contributed by atoms with van der Waals surface area (Å²) >= 11 is 2.85. The smallest absolute Gasteiger partial charge is 0.173 e. The first-order valence-corrected chi connectivity index (χ1v) is 6.19. The second-order valence-electron chi connectivity index (χ2n) is 3.95. The highest BCUT2D eigenvalue weighted by atomic mass is 79.9. The van der Waals surface area contributed by atoms with Gasteiger partial charge in [-0.15, -0.1) is 0 Å². The number of benzene rings is 2. The molecule has 0 spiro atoms. The van der Waals surface area contributed by atoms with E-state index in [1.807, 2.05) is 0 Å². The molecule has 1 nitrogen and oxygen atoms in total. The van der Waals surface area contributed by atoms with E-state index < -0.39 is 23.2 Å². The summed E-state index contributed by atoms with van der Waals surface area (Å²) in [7, 11) is 0. The van der Waals surface area contributed by atoms with Gasteiger partial charge in [-0.05, 0) is 45.8 Å². The molecule has 0 aliphatic carbocycles. The van der Waals surface area contributed by atoms with Gasteiger partial charge in [0.2, 0.25) is 0 Å². The average molecular weight is 329 g/mol. The summed E-state index contributed by atoms with van der Waals surface area (Å²) in [5, 5.41) is 0. The van der Waals surface area contributed by atoms with Gasteiger partial charge in [-0.25, -0.2) is 13.2 Å². The quantitative estimate of drug-likeness (QED) is 0.606. The van der Waals surface area contributed by atoms with Crippen molar-refractivity contribution < 1.29 is 18.0 Å². The van der Waals surface area contributed by atoms with E-state index >= 15 is 0 Å². The summed E-state index contributed by atoms with van der Waals surface area (Å²) in [5.41, 5.74) is 0.504. The van der Waals surface area contributed by atoms with Crippen molar-refractivity contribution in [2.24, 2.45) is 0 Å². The number of ketones is 1. The fourth-order valence-corrected chi connectivity index (χ4v) is 2.21. The van der Waals surface area contributed by atoms with Crippen LogP contribution in [0, 0.1) is 17.5 Å². The maximum absolute atomic E-state index is 13.3. The Balaban J connectivity index is 2.28. The Labute approximate surface area is 116 Å². The van der Waals surface area contributed by atoms with E-state index in [4.69, 9.17) is 0 Å². The van der Waals surface area contributed by atoms with Crippen molar-refractivity contribution in [3.63, 3.8) is 0 Å². The molecule has 2 aromatic rings. The third-order valence-electron chi connectivity index (χ3n) is 2.59. The number of Topliss-reactive ketones (excluding diaryl/α,β-unsaturated/α-hetero) is 1. The summed E-state index contributed by atoms with van der Waals surface area (Å²) < 4.78 is 39.0. The molecule has 0 aliphatic heterocycles. The normalized spacial score (nSPS) is 10.5. The van der Waals surface area contributed by atoms with Crippen LogP contribution < -0.4 is 0 Å². The second-order valence-corrected chi connectivity index (χ2v) is 4.75. The molecule has 0 fully saturated rings. The third-order valence-corrected chi connectivity index (χ3v) is 3.36. The molecular formula is C14H8BrF3O. The largest absolute Gasteiger partial charge is 0.294 e. The van der Waals surface area contributed by atoms with E-state index in [0.29, 0.717) is 5.56 Å². The first kappa shape index (κ1) is 13.8. The summed E-state index contributed by atoms with van der Waals surface area (Å²) in [6, 6.07) is 7.66. The predicted molar refractivity (Wildman–Crippen MR) is 68.5 cm³/mol. The molecule has 0 N–H and O–H groups in total. The third kappa shape index (κ3) is 3.04. The highest BCUT2D eigenvalue weighted by Gasteiger charge is 2.17. The summed E-state index contributed by atoms with van der Waals surface area (Å²) in [6.45, 7) is 0.